The lowest BCUT2D eigenvalue weighted by molar-refractivity contribution is 0.878. The van der Waals surface area contributed by atoms with Crippen LogP contribution in [0.5, 0.6) is 0 Å². The van der Waals surface area contributed by atoms with E-state index in [0.29, 0.717) is 5.92 Å². The third kappa shape index (κ3) is 2.61. The standard InChI is InChI=1S/C23H23NS/c1-15(2)17-10-7-11-18-19-12-8-14-21(23(19)25-22(17)18)24(4)20-13-6-5-9-16(20)3/h5-15H,1-4H3. The van der Waals surface area contributed by atoms with Gasteiger partial charge in [-0.1, -0.05) is 62.4 Å². The van der Waals surface area contributed by atoms with E-state index >= 15 is 0 Å². The van der Waals surface area contributed by atoms with Gasteiger partial charge in [-0.05, 0) is 36.1 Å². The van der Waals surface area contributed by atoms with E-state index in [1.807, 2.05) is 11.3 Å². The summed E-state index contributed by atoms with van der Waals surface area (Å²) in [4.78, 5) is 2.32. The zero-order chi connectivity index (χ0) is 17.6. The van der Waals surface area contributed by atoms with Crippen LogP contribution in [-0.4, -0.2) is 7.05 Å². The highest BCUT2D eigenvalue weighted by Gasteiger charge is 2.16. The van der Waals surface area contributed by atoms with E-state index in [4.69, 9.17) is 0 Å². The lowest BCUT2D eigenvalue weighted by Gasteiger charge is -2.22. The Hall–Kier alpha value is -2.32. The molecule has 126 valence electrons. The number of hydrogen-bond acceptors (Lipinski definition) is 2. The van der Waals surface area contributed by atoms with E-state index in [-0.39, 0.29) is 0 Å². The minimum absolute atomic E-state index is 0.536. The maximum atomic E-state index is 2.32. The highest BCUT2D eigenvalue weighted by atomic mass is 32.1. The maximum Gasteiger partial charge on any atom is 0.0592 e. The van der Waals surface area contributed by atoms with E-state index < -0.39 is 0 Å². The second-order valence-corrected chi connectivity index (χ2v) is 8.00. The largest absolute Gasteiger partial charge is 0.343 e. The first kappa shape index (κ1) is 16.2. The van der Waals surface area contributed by atoms with Gasteiger partial charge in [-0.2, -0.15) is 0 Å². The number of anilines is 2. The van der Waals surface area contributed by atoms with Crippen LogP contribution in [0.25, 0.3) is 20.2 Å². The molecule has 1 nitrogen and oxygen atoms in total. The van der Waals surface area contributed by atoms with E-state index in [9.17, 15) is 0 Å². The molecule has 0 saturated carbocycles. The highest BCUT2D eigenvalue weighted by Crippen LogP contribution is 2.43. The van der Waals surface area contributed by atoms with Gasteiger partial charge in [0.2, 0.25) is 0 Å². The van der Waals surface area contributed by atoms with Crippen molar-refractivity contribution < 1.29 is 0 Å². The van der Waals surface area contributed by atoms with Crippen molar-refractivity contribution in [3.63, 3.8) is 0 Å². The van der Waals surface area contributed by atoms with Crippen molar-refractivity contribution in [2.45, 2.75) is 26.7 Å². The van der Waals surface area contributed by atoms with Gasteiger partial charge in [0.05, 0.1) is 10.4 Å². The average Bonchev–Trinajstić information content (AvgIpc) is 3.00. The number of thiophene rings is 1. The number of benzene rings is 3. The minimum Gasteiger partial charge on any atom is -0.343 e. The van der Waals surface area contributed by atoms with Gasteiger partial charge in [-0.15, -0.1) is 11.3 Å². The Kier molecular flexibility index (Phi) is 4.01. The molecule has 0 spiro atoms. The van der Waals surface area contributed by atoms with Crippen molar-refractivity contribution in [1.29, 1.82) is 0 Å². The third-order valence-corrected chi connectivity index (χ3v) is 6.29. The minimum atomic E-state index is 0.536. The van der Waals surface area contributed by atoms with Crippen LogP contribution in [0.1, 0.15) is 30.9 Å². The number of para-hydroxylation sites is 1. The fourth-order valence-corrected chi connectivity index (χ4v) is 5.13. The summed E-state index contributed by atoms with van der Waals surface area (Å²) in [6, 6.07) is 22.0. The predicted octanol–water partition coefficient (Wildman–Crippen LogP) is 7.25. The Morgan fingerprint density at radius 3 is 2.12 bits per heavy atom. The molecule has 1 heterocycles. The summed E-state index contributed by atoms with van der Waals surface area (Å²) in [7, 11) is 2.17. The summed E-state index contributed by atoms with van der Waals surface area (Å²) >= 11 is 1.93. The summed E-state index contributed by atoms with van der Waals surface area (Å²) in [5, 5.41) is 2.74. The topological polar surface area (TPSA) is 3.24 Å². The Morgan fingerprint density at radius 1 is 0.760 bits per heavy atom. The van der Waals surface area contributed by atoms with E-state index in [1.165, 1.54) is 42.7 Å². The molecule has 0 amide bonds. The zero-order valence-corrected chi connectivity index (χ0v) is 16.0. The van der Waals surface area contributed by atoms with Gasteiger partial charge < -0.3 is 4.90 Å². The lowest BCUT2D eigenvalue weighted by atomic mass is 10.0. The zero-order valence-electron chi connectivity index (χ0n) is 15.2. The summed E-state index contributed by atoms with van der Waals surface area (Å²) in [6.07, 6.45) is 0. The van der Waals surface area contributed by atoms with Crippen LogP contribution in [0.2, 0.25) is 0 Å². The first-order valence-corrected chi connectivity index (χ1v) is 9.63. The van der Waals surface area contributed by atoms with Gasteiger partial charge in [0.1, 0.15) is 0 Å². The fourth-order valence-electron chi connectivity index (χ4n) is 3.62. The number of nitrogens with zero attached hydrogens (tertiary/aromatic N) is 1. The van der Waals surface area contributed by atoms with E-state index in [1.54, 1.807) is 0 Å². The molecule has 0 atom stereocenters. The average molecular weight is 346 g/mol. The lowest BCUT2D eigenvalue weighted by Crippen LogP contribution is -2.10. The number of rotatable bonds is 3. The van der Waals surface area contributed by atoms with Crippen molar-refractivity contribution in [2.75, 3.05) is 11.9 Å². The molecule has 0 saturated heterocycles. The summed E-state index contributed by atoms with van der Waals surface area (Å²) in [5.74, 6) is 0.536. The molecular weight excluding hydrogens is 322 g/mol. The van der Waals surface area contributed by atoms with E-state index in [0.717, 1.165) is 0 Å². The first-order valence-electron chi connectivity index (χ1n) is 8.81. The molecule has 0 radical (unpaired) electrons. The Labute approximate surface area is 153 Å². The van der Waals surface area contributed by atoms with Crippen LogP contribution in [0.4, 0.5) is 11.4 Å². The molecule has 0 aliphatic heterocycles. The van der Waals surface area contributed by atoms with Crippen molar-refractivity contribution in [3.05, 3.63) is 71.8 Å². The highest BCUT2D eigenvalue weighted by molar-refractivity contribution is 7.26. The second kappa shape index (κ2) is 6.20. The van der Waals surface area contributed by atoms with Crippen LogP contribution in [-0.2, 0) is 0 Å². The van der Waals surface area contributed by atoms with Crippen molar-refractivity contribution in [3.8, 4) is 0 Å². The van der Waals surface area contributed by atoms with Gasteiger partial charge in [0, 0.05) is 28.2 Å². The summed E-state index contributed by atoms with van der Waals surface area (Å²) in [6.45, 7) is 6.73. The van der Waals surface area contributed by atoms with Crippen LogP contribution in [0.15, 0.2) is 60.7 Å². The quantitative estimate of drug-likeness (QED) is 0.378. The SMILES string of the molecule is Cc1ccccc1N(C)c1cccc2c1sc1c(C(C)C)cccc12. The monoisotopic (exact) mass is 345 g/mol. The first-order chi connectivity index (χ1) is 12.1. The van der Waals surface area contributed by atoms with Crippen molar-refractivity contribution in [1.82, 2.24) is 0 Å². The van der Waals surface area contributed by atoms with Crippen molar-refractivity contribution in [2.24, 2.45) is 0 Å². The fraction of sp³-hybridized carbons (Fsp3) is 0.217. The molecule has 4 aromatic rings. The van der Waals surface area contributed by atoms with Gasteiger partial charge in [-0.3, -0.25) is 0 Å². The summed E-state index contributed by atoms with van der Waals surface area (Å²) < 4.78 is 2.80. The van der Waals surface area contributed by atoms with Crippen LogP contribution in [0, 0.1) is 6.92 Å². The molecule has 2 heteroatoms. The predicted molar refractivity (Wildman–Crippen MR) is 113 cm³/mol. The van der Waals surface area contributed by atoms with Crippen LogP contribution >= 0.6 is 11.3 Å². The van der Waals surface area contributed by atoms with Gasteiger partial charge in [-0.25, -0.2) is 0 Å². The molecule has 25 heavy (non-hydrogen) atoms. The Morgan fingerprint density at radius 2 is 1.40 bits per heavy atom. The molecular formula is C23H23NS. The molecule has 4 rings (SSSR count). The molecule has 0 N–H and O–H groups in total. The third-order valence-electron chi connectivity index (χ3n) is 4.99. The maximum absolute atomic E-state index is 2.32. The van der Waals surface area contributed by atoms with E-state index in [2.05, 4.69) is 93.4 Å². The van der Waals surface area contributed by atoms with Crippen molar-refractivity contribution >= 4 is 42.9 Å². The summed E-state index contributed by atoms with van der Waals surface area (Å²) in [5.41, 5.74) is 5.29. The smallest absolute Gasteiger partial charge is 0.0592 e. The Balaban J connectivity index is 1.98. The molecule has 1 aromatic heterocycles. The normalized spacial score (nSPS) is 11.6. The van der Waals surface area contributed by atoms with Crippen LogP contribution in [0.3, 0.4) is 0 Å². The molecule has 3 aromatic carbocycles. The number of hydrogen-bond donors (Lipinski definition) is 0. The van der Waals surface area contributed by atoms with Gasteiger partial charge in [0.25, 0.3) is 0 Å². The molecule has 0 bridgehead atoms. The molecule has 0 aliphatic rings. The van der Waals surface area contributed by atoms with Gasteiger partial charge >= 0.3 is 0 Å². The molecule has 0 fully saturated rings. The van der Waals surface area contributed by atoms with Gasteiger partial charge in [0.15, 0.2) is 0 Å². The second-order valence-electron chi connectivity index (χ2n) is 6.98. The van der Waals surface area contributed by atoms with Crippen LogP contribution < -0.4 is 4.90 Å². The number of fused-ring (bicyclic) bond motifs is 3. The molecule has 0 aliphatic carbocycles. The number of aryl methyl sites for hydroxylation is 1. The molecule has 0 unspecified atom stereocenters. The Bertz CT molecular complexity index is 1060.